The summed E-state index contributed by atoms with van der Waals surface area (Å²) in [6.45, 7) is 0. The first-order valence-electron chi connectivity index (χ1n) is 6.83. The van der Waals surface area contributed by atoms with E-state index in [9.17, 15) is 4.79 Å². The minimum atomic E-state index is 0.237. The number of rotatable bonds is 2. The Labute approximate surface area is 116 Å². The summed E-state index contributed by atoms with van der Waals surface area (Å²) in [5, 5.41) is 3.24. The van der Waals surface area contributed by atoms with Crippen LogP contribution in [0.25, 0.3) is 0 Å². The zero-order valence-electron chi connectivity index (χ0n) is 10.4. The number of fused-ring (bicyclic) bond motifs is 1. The standard InChI is InChI=1S/C15H18BrNO/c16-12-6-7-13-11(9-12)5-8-14(13)17-15(18)10-3-1-2-4-10/h6-7,9-10,14H,1-5,8H2,(H,17,18). The van der Waals surface area contributed by atoms with Crippen LogP contribution >= 0.6 is 15.9 Å². The van der Waals surface area contributed by atoms with Crippen LogP contribution in [0.3, 0.4) is 0 Å². The van der Waals surface area contributed by atoms with Crippen LogP contribution in [0.2, 0.25) is 0 Å². The van der Waals surface area contributed by atoms with Crippen LogP contribution in [-0.2, 0) is 11.2 Å². The van der Waals surface area contributed by atoms with Crippen LogP contribution in [-0.4, -0.2) is 5.91 Å². The molecule has 0 bridgehead atoms. The fourth-order valence-electron chi connectivity index (χ4n) is 3.21. The number of benzene rings is 1. The van der Waals surface area contributed by atoms with E-state index in [4.69, 9.17) is 0 Å². The highest BCUT2D eigenvalue weighted by molar-refractivity contribution is 9.10. The molecule has 1 aromatic rings. The van der Waals surface area contributed by atoms with Crippen LogP contribution in [0.5, 0.6) is 0 Å². The van der Waals surface area contributed by atoms with Gasteiger partial charge in [0.2, 0.25) is 5.91 Å². The number of amides is 1. The van der Waals surface area contributed by atoms with Crippen molar-refractivity contribution in [3.8, 4) is 0 Å². The van der Waals surface area contributed by atoms with Crippen molar-refractivity contribution in [3.63, 3.8) is 0 Å². The monoisotopic (exact) mass is 307 g/mol. The normalized spacial score (nSPS) is 23.1. The Morgan fingerprint density at radius 3 is 2.78 bits per heavy atom. The second kappa shape index (κ2) is 5.04. The lowest BCUT2D eigenvalue weighted by Crippen LogP contribution is -2.32. The largest absolute Gasteiger partial charge is 0.349 e. The molecular weight excluding hydrogens is 290 g/mol. The molecule has 3 rings (SSSR count). The molecule has 1 fully saturated rings. The zero-order chi connectivity index (χ0) is 12.5. The smallest absolute Gasteiger partial charge is 0.223 e. The average molecular weight is 308 g/mol. The second-order valence-corrected chi connectivity index (χ2v) is 6.34. The molecule has 1 aromatic carbocycles. The lowest BCUT2D eigenvalue weighted by molar-refractivity contribution is -0.125. The Balaban J connectivity index is 1.70. The highest BCUT2D eigenvalue weighted by Gasteiger charge is 2.28. The zero-order valence-corrected chi connectivity index (χ0v) is 12.0. The van der Waals surface area contributed by atoms with Gasteiger partial charge in [0, 0.05) is 10.4 Å². The van der Waals surface area contributed by atoms with Gasteiger partial charge in [-0.3, -0.25) is 4.79 Å². The van der Waals surface area contributed by atoms with E-state index in [1.54, 1.807) is 0 Å². The summed E-state index contributed by atoms with van der Waals surface area (Å²) in [5.74, 6) is 0.540. The first-order valence-corrected chi connectivity index (χ1v) is 7.62. The van der Waals surface area contributed by atoms with Crippen molar-refractivity contribution in [3.05, 3.63) is 33.8 Å². The van der Waals surface area contributed by atoms with Gasteiger partial charge in [-0.1, -0.05) is 34.8 Å². The first kappa shape index (κ1) is 12.2. The summed E-state index contributed by atoms with van der Waals surface area (Å²) in [4.78, 5) is 12.2. The van der Waals surface area contributed by atoms with Gasteiger partial charge < -0.3 is 5.32 Å². The van der Waals surface area contributed by atoms with E-state index < -0.39 is 0 Å². The van der Waals surface area contributed by atoms with E-state index in [1.807, 2.05) is 0 Å². The van der Waals surface area contributed by atoms with Crippen LogP contribution in [0.1, 0.15) is 49.3 Å². The van der Waals surface area contributed by atoms with Crippen LogP contribution < -0.4 is 5.32 Å². The van der Waals surface area contributed by atoms with Crippen LogP contribution in [0.4, 0.5) is 0 Å². The lowest BCUT2D eigenvalue weighted by atomic mass is 10.0. The Bertz CT molecular complexity index is 466. The maximum Gasteiger partial charge on any atom is 0.223 e. The highest BCUT2D eigenvalue weighted by atomic mass is 79.9. The minimum Gasteiger partial charge on any atom is -0.349 e. The molecule has 0 heterocycles. The van der Waals surface area contributed by atoms with Crippen molar-refractivity contribution in [2.24, 2.45) is 5.92 Å². The van der Waals surface area contributed by atoms with Gasteiger partial charge in [-0.2, -0.15) is 0 Å². The third-order valence-corrected chi connectivity index (χ3v) is 4.72. The van der Waals surface area contributed by atoms with Crippen molar-refractivity contribution in [2.45, 2.75) is 44.6 Å². The molecule has 0 saturated heterocycles. The van der Waals surface area contributed by atoms with Gasteiger partial charge >= 0.3 is 0 Å². The molecule has 1 saturated carbocycles. The Kier molecular flexibility index (Phi) is 3.42. The molecule has 0 aliphatic heterocycles. The van der Waals surface area contributed by atoms with Crippen LogP contribution in [0, 0.1) is 5.92 Å². The molecule has 1 N–H and O–H groups in total. The summed E-state index contributed by atoms with van der Waals surface area (Å²) in [7, 11) is 0. The summed E-state index contributed by atoms with van der Waals surface area (Å²) >= 11 is 3.50. The predicted molar refractivity (Wildman–Crippen MR) is 75.3 cm³/mol. The molecule has 1 unspecified atom stereocenters. The van der Waals surface area contributed by atoms with Gasteiger partial charge in [-0.25, -0.2) is 0 Å². The molecule has 2 nitrogen and oxygen atoms in total. The second-order valence-electron chi connectivity index (χ2n) is 5.42. The lowest BCUT2D eigenvalue weighted by Gasteiger charge is -2.17. The van der Waals surface area contributed by atoms with Gasteiger partial charge in [0.05, 0.1) is 6.04 Å². The van der Waals surface area contributed by atoms with Crippen LogP contribution in [0.15, 0.2) is 22.7 Å². The van der Waals surface area contributed by atoms with Crippen molar-refractivity contribution >= 4 is 21.8 Å². The Morgan fingerprint density at radius 1 is 1.22 bits per heavy atom. The number of hydrogen-bond acceptors (Lipinski definition) is 1. The maximum atomic E-state index is 12.2. The van der Waals surface area contributed by atoms with Gasteiger partial charge in [-0.15, -0.1) is 0 Å². The molecule has 2 aliphatic rings. The molecule has 0 radical (unpaired) electrons. The van der Waals surface area contributed by atoms with E-state index >= 15 is 0 Å². The molecule has 1 atom stereocenters. The highest BCUT2D eigenvalue weighted by Crippen LogP contribution is 2.34. The van der Waals surface area contributed by atoms with E-state index in [0.717, 1.165) is 30.2 Å². The number of aryl methyl sites for hydroxylation is 1. The Morgan fingerprint density at radius 2 is 2.00 bits per heavy atom. The maximum absolute atomic E-state index is 12.2. The molecule has 1 amide bonds. The topological polar surface area (TPSA) is 29.1 Å². The predicted octanol–water partition coefficient (Wildman–Crippen LogP) is 3.74. The third-order valence-electron chi connectivity index (χ3n) is 4.23. The van der Waals surface area contributed by atoms with E-state index in [2.05, 4.69) is 39.4 Å². The van der Waals surface area contributed by atoms with E-state index in [-0.39, 0.29) is 17.9 Å². The quantitative estimate of drug-likeness (QED) is 0.886. The van der Waals surface area contributed by atoms with Crippen molar-refractivity contribution in [1.82, 2.24) is 5.32 Å². The molecular formula is C15H18BrNO. The fourth-order valence-corrected chi connectivity index (χ4v) is 3.62. The van der Waals surface area contributed by atoms with E-state index in [0.29, 0.717) is 0 Å². The molecule has 96 valence electrons. The minimum absolute atomic E-state index is 0.237. The molecule has 0 aromatic heterocycles. The van der Waals surface area contributed by atoms with Gasteiger partial charge in [-0.05, 0) is 48.9 Å². The number of nitrogens with one attached hydrogen (secondary N) is 1. The third kappa shape index (κ3) is 2.33. The molecule has 18 heavy (non-hydrogen) atoms. The van der Waals surface area contributed by atoms with Crippen molar-refractivity contribution < 1.29 is 4.79 Å². The van der Waals surface area contributed by atoms with Gasteiger partial charge in [0.1, 0.15) is 0 Å². The number of carbonyl (C=O) groups is 1. The number of halogens is 1. The number of hydrogen-bond donors (Lipinski definition) is 1. The number of carbonyl (C=O) groups excluding carboxylic acids is 1. The molecule has 3 heteroatoms. The van der Waals surface area contributed by atoms with Gasteiger partial charge in [0.25, 0.3) is 0 Å². The fraction of sp³-hybridized carbons (Fsp3) is 0.533. The first-order chi connectivity index (χ1) is 8.74. The molecule has 2 aliphatic carbocycles. The average Bonchev–Trinajstić information content (AvgIpc) is 2.98. The SMILES string of the molecule is O=C(NC1CCc2cc(Br)ccc21)C1CCCC1. The Hall–Kier alpha value is -0.830. The van der Waals surface area contributed by atoms with Crippen molar-refractivity contribution in [1.29, 1.82) is 0 Å². The summed E-state index contributed by atoms with van der Waals surface area (Å²) in [5.41, 5.74) is 2.69. The summed E-state index contributed by atoms with van der Waals surface area (Å²) < 4.78 is 1.13. The van der Waals surface area contributed by atoms with E-state index in [1.165, 1.54) is 24.0 Å². The molecule has 0 spiro atoms. The van der Waals surface area contributed by atoms with Gasteiger partial charge in [0.15, 0.2) is 0 Å². The summed E-state index contributed by atoms with van der Waals surface area (Å²) in [6.07, 6.45) is 6.70. The summed E-state index contributed by atoms with van der Waals surface area (Å²) in [6, 6.07) is 6.63. The van der Waals surface area contributed by atoms with Crippen molar-refractivity contribution in [2.75, 3.05) is 0 Å².